The van der Waals surface area contributed by atoms with Crippen molar-refractivity contribution in [3.63, 3.8) is 0 Å². The lowest BCUT2D eigenvalue weighted by molar-refractivity contribution is 0.620. The first-order valence-corrected chi connectivity index (χ1v) is 3.79. The Morgan fingerprint density at radius 2 is 2.08 bits per heavy atom. The molecule has 0 unspecified atom stereocenters. The van der Waals surface area contributed by atoms with Crippen LogP contribution in [-0.4, -0.2) is 10.2 Å². The van der Waals surface area contributed by atoms with Crippen LogP contribution in [-0.2, 0) is 0 Å². The van der Waals surface area contributed by atoms with E-state index in [-0.39, 0.29) is 5.82 Å². The van der Waals surface area contributed by atoms with Gasteiger partial charge in [-0.3, -0.25) is 5.10 Å². The first-order valence-electron chi connectivity index (χ1n) is 3.79. The molecule has 3 heteroatoms. The van der Waals surface area contributed by atoms with Gasteiger partial charge in [-0.15, -0.1) is 0 Å². The third-order valence-electron chi connectivity index (χ3n) is 2.03. The minimum absolute atomic E-state index is 0.174. The lowest BCUT2D eigenvalue weighted by Gasteiger charge is -1.94. The lowest BCUT2D eigenvalue weighted by Crippen LogP contribution is -1.81. The second-order valence-corrected chi connectivity index (χ2v) is 2.97. The van der Waals surface area contributed by atoms with Crippen molar-refractivity contribution in [2.24, 2.45) is 0 Å². The number of hydrogen-bond donors (Lipinski definition) is 1. The molecule has 0 bridgehead atoms. The Morgan fingerprint density at radius 3 is 2.83 bits per heavy atom. The number of aryl methyl sites for hydroxylation is 2. The van der Waals surface area contributed by atoms with Gasteiger partial charge in [-0.1, -0.05) is 0 Å². The SMILES string of the molecule is Cc1cc2n[nH]c(C)c2cc1F. The van der Waals surface area contributed by atoms with Crippen LogP contribution in [0.4, 0.5) is 4.39 Å². The van der Waals surface area contributed by atoms with Gasteiger partial charge in [-0.05, 0) is 31.5 Å². The standard InChI is InChI=1S/C9H9FN2/c1-5-3-9-7(4-8(5)10)6(2)11-12-9/h3-4H,1-2H3,(H,11,12). The highest BCUT2D eigenvalue weighted by Gasteiger charge is 2.04. The Balaban J connectivity index is 2.87. The van der Waals surface area contributed by atoms with E-state index in [4.69, 9.17) is 0 Å². The zero-order valence-corrected chi connectivity index (χ0v) is 6.98. The molecule has 0 aliphatic carbocycles. The van der Waals surface area contributed by atoms with Gasteiger partial charge in [0.15, 0.2) is 0 Å². The van der Waals surface area contributed by atoms with E-state index in [2.05, 4.69) is 10.2 Å². The van der Waals surface area contributed by atoms with Gasteiger partial charge in [-0.2, -0.15) is 5.10 Å². The Morgan fingerprint density at radius 1 is 1.33 bits per heavy atom. The summed E-state index contributed by atoms with van der Waals surface area (Å²) in [5.74, 6) is -0.174. The minimum atomic E-state index is -0.174. The molecule has 1 N–H and O–H groups in total. The van der Waals surface area contributed by atoms with Crippen LogP contribution >= 0.6 is 0 Å². The highest BCUT2D eigenvalue weighted by Crippen LogP contribution is 2.18. The molecular weight excluding hydrogens is 155 g/mol. The quantitative estimate of drug-likeness (QED) is 0.636. The Labute approximate surface area is 69.4 Å². The number of nitrogens with one attached hydrogen (secondary N) is 1. The fourth-order valence-corrected chi connectivity index (χ4v) is 1.26. The van der Waals surface area contributed by atoms with Crippen LogP contribution in [0.5, 0.6) is 0 Å². The van der Waals surface area contributed by atoms with E-state index in [0.29, 0.717) is 5.56 Å². The maximum atomic E-state index is 13.1. The molecule has 12 heavy (non-hydrogen) atoms. The van der Waals surface area contributed by atoms with Crippen molar-refractivity contribution < 1.29 is 4.39 Å². The van der Waals surface area contributed by atoms with E-state index >= 15 is 0 Å². The number of aromatic amines is 1. The van der Waals surface area contributed by atoms with Crippen LogP contribution in [0.15, 0.2) is 12.1 Å². The molecule has 2 nitrogen and oxygen atoms in total. The lowest BCUT2D eigenvalue weighted by atomic mass is 10.1. The molecule has 0 amide bonds. The Bertz CT molecular complexity index is 431. The molecule has 0 aliphatic rings. The normalized spacial score (nSPS) is 10.9. The summed E-state index contributed by atoms with van der Waals surface area (Å²) in [6.07, 6.45) is 0. The number of nitrogens with zero attached hydrogens (tertiary/aromatic N) is 1. The van der Waals surface area contributed by atoms with Gasteiger partial charge < -0.3 is 0 Å². The number of rotatable bonds is 0. The summed E-state index contributed by atoms with van der Waals surface area (Å²) in [7, 11) is 0. The van der Waals surface area contributed by atoms with Crippen molar-refractivity contribution in [2.75, 3.05) is 0 Å². The number of halogens is 1. The summed E-state index contributed by atoms with van der Waals surface area (Å²) < 4.78 is 13.1. The second kappa shape index (κ2) is 2.30. The van der Waals surface area contributed by atoms with Gasteiger partial charge in [-0.25, -0.2) is 4.39 Å². The maximum Gasteiger partial charge on any atom is 0.126 e. The monoisotopic (exact) mass is 164 g/mol. The van der Waals surface area contributed by atoms with E-state index in [1.165, 1.54) is 6.07 Å². The summed E-state index contributed by atoms with van der Waals surface area (Å²) in [6.45, 7) is 3.61. The largest absolute Gasteiger partial charge is 0.282 e. The summed E-state index contributed by atoms with van der Waals surface area (Å²) in [6, 6.07) is 3.26. The molecule has 1 heterocycles. The molecule has 0 radical (unpaired) electrons. The fourth-order valence-electron chi connectivity index (χ4n) is 1.26. The van der Waals surface area contributed by atoms with Crippen molar-refractivity contribution in [3.8, 4) is 0 Å². The van der Waals surface area contributed by atoms with Crippen LogP contribution in [0, 0.1) is 19.7 Å². The molecule has 1 aromatic heterocycles. The van der Waals surface area contributed by atoms with Gasteiger partial charge in [0.05, 0.1) is 5.52 Å². The van der Waals surface area contributed by atoms with Crippen LogP contribution < -0.4 is 0 Å². The molecule has 2 aromatic rings. The first-order chi connectivity index (χ1) is 5.68. The number of fused-ring (bicyclic) bond motifs is 1. The third-order valence-corrected chi connectivity index (χ3v) is 2.03. The fraction of sp³-hybridized carbons (Fsp3) is 0.222. The summed E-state index contributed by atoms with van der Waals surface area (Å²) in [5, 5.41) is 7.70. The predicted octanol–water partition coefficient (Wildman–Crippen LogP) is 2.32. The van der Waals surface area contributed by atoms with E-state index in [9.17, 15) is 4.39 Å². The van der Waals surface area contributed by atoms with E-state index in [0.717, 1.165) is 16.6 Å². The number of H-pyrrole nitrogens is 1. The minimum Gasteiger partial charge on any atom is -0.282 e. The summed E-state index contributed by atoms with van der Waals surface area (Å²) in [5.41, 5.74) is 2.37. The summed E-state index contributed by atoms with van der Waals surface area (Å²) in [4.78, 5) is 0. The molecule has 1 aromatic carbocycles. The molecule has 0 aliphatic heterocycles. The van der Waals surface area contributed by atoms with Crippen molar-refractivity contribution in [3.05, 3.63) is 29.2 Å². The van der Waals surface area contributed by atoms with Crippen molar-refractivity contribution >= 4 is 10.9 Å². The van der Waals surface area contributed by atoms with Crippen LogP contribution in [0.3, 0.4) is 0 Å². The smallest absolute Gasteiger partial charge is 0.126 e. The Hall–Kier alpha value is -1.38. The molecule has 0 saturated carbocycles. The van der Waals surface area contributed by atoms with Gasteiger partial charge in [0, 0.05) is 11.1 Å². The van der Waals surface area contributed by atoms with Gasteiger partial charge in [0.1, 0.15) is 5.82 Å². The summed E-state index contributed by atoms with van der Waals surface area (Å²) >= 11 is 0. The number of benzene rings is 1. The average Bonchev–Trinajstić information content (AvgIpc) is 2.35. The van der Waals surface area contributed by atoms with Gasteiger partial charge in [0.25, 0.3) is 0 Å². The number of aromatic nitrogens is 2. The van der Waals surface area contributed by atoms with Crippen LogP contribution in [0.25, 0.3) is 10.9 Å². The van der Waals surface area contributed by atoms with Crippen LogP contribution in [0.2, 0.25) is 0 Å². The molecule has 62 valence electrons. The van der Waals surface area contributed by atoms with Crippen molar-refractivity contribution in [1.82, 2.24) is 10.2 Å². The Kier molecular flexibility index (Phi) is 1.40. The zero-order valence-electron chi connectivity index (χ0n) is 6.98. The molecular formula is C9H9FN2. The predicted molar refractivity (Wildman–Crippen MR) is 45.5 cm³/mol. The van der Waals surface area contributed by atoms with Gasteiger partial charge >= 0.3 is 0 Å². The number of hydrogen-bond acceptors (Lipinski definition) is 1. The van der Waals surface area contributed by atoms with Crippen molar-refractivity contribution in [2.45, 2.75) is 13.8 Å². The zero-order chi connectivity index (χ0) is 8.72. The molecule has 0 fully saturated rings. The second-order valence-electron chi connectivity index (χ2n) is 2.97. The molecule has 0 atom stereocenters. The first kappa shape index (κ1) is 7.28. The van der Waals surface area contributed by atoms with Crippen LogP contribution in [0.1, 0.15) is 11.3 Å². The van der Waals surface area contributed by atoms with Crippen molar-refractivity contribution in [1.29, 1.82) is 0 Å². The highest BCUT2D eigenvalue weighted by molar-refractivity contribution is 5.81. The molecule has 0 spiro atoms. The topological polar surface area (TPSA) is 28.7 Å². The maximum absolute atomic E-state index is 13.1. The van der Waals surface area contributed by atoms with E-state index in [1.54, 1.807) is 13.0 Å². The average molecular weight is 164 g/mol. The third kappa shape index (κ3) is 0.897. The van der Waals surface area contributed by atoms with E-state index < -0.39 is 0 Å². The van der Waals surface area contributed by atoms with Gasteiger partial charge in [0.2, 0.25) is 0 Å². The van der Waals surface area contributed by atoms with E-state index in [1.807, 2.05) is 6.92 Å². The highest BCUT2D eigenvalue weighted by atomic mass is 19.1. The molecule has 2 rings (SSSR count). The molecule has 0 saturated heterocycles.